The van der Waals surface area contributed by atoms with Crippen molar-refractivity contribution in [2.24, 2.45) is 0 Å². The highest BCUT2D eigenvalue weighted by Crippen LogP contribution is 2.15. The second kappa shape index (κ2) is 8.42. The first kappa shape index (κ1) is 15.4. The van der Waals surface area contributed by atoms with E-state index in [0.717, 1.165) is 39.1 Å². The van der Waals surface area contributed by atoms with Crippen LogP contribution in [0.15, 0.2) is 0 Å². The van der Waals surface area contributed by atoms with Gasteiger partial charge in [0.15, 0.2) is 0 Å². The molecule has 1 heterocycles. The third kappa shape index (κ3) is 5.77. The number of ether oxygens (including phenoxy) is 2. The van der Waals surface area contributed by atoms with Crippen molar-refractivity contribution < 1.29 is 19.4 Å². The van der Waals surface area contributed by atoms with Crippen molar-refractivity contribution in [3.05, 3.63) is 0 Å². The molecule has 1 aliphatic heterocycles. The molecule has 1 fully saturated rings. The van der Waals surface area contributed by atoms with Crippen LogP contribution in [-0.4, -0.2) is 63.2 Å². The Hall–Kier alpha value is -0.690. The molecule has 106 valence electrons. The summed E-state index contributed by atoms with van der Waals surface area (Å²) in [7, 11) is 1.65. The fraction of sp³-hybridized carbons (Fsp3) is 0.917. The molecule has 0 aliphatic carbocycles. The summed E-state index contributed by atoms with van der Waals surface area (Å²) in [4.78, 5) is 10.7. The molecule has 1 saturated heterocycles. The summed E-state index contributed by atoms with van der Waals surface area (Å²) >= 11 is 0. The third-order valence-electron chi connectivity index (χ3n) is 3.06. The number of hydrogen-bond acceptors (Lipinski definition) is 5. The number of carboxylic acids is 1. The Morgan fingerprint density at radius 1 is 1.33 bits per heavy atom. The van der Waals surface area contributed by atoms with E-state index in [1.165, 1.54) is 0 Å². The van der Waals surface area contributed by atoms with Crippen molar-refractivity contribution in [3.63, 3.8) is 0 Å². The SMILES string of the molecule is COCCOCCCCNC1(CC(=O)O)CNC1. The Bertz CT molecular complexity index is 244. The molecule has 3 N–H and O–H groups in total. The van der Waals surface area contributed by atoms with E-state index in [0.29, 0.717) is 13.2 Å². The molecule has 0 aromatic carbocycles. The van der Waals surface area contributed by atoms with Crippen LogP contribution >= 0.6 is 0 Å². The minimum Gasteiger partial charge on any atom is -0.481 e. The molecule has 0 saturated carbocycles. The fourth-order valence-electron chi connectivity index (χ4n) is 1.96. The Morgan fingerprint density at radius 2 is 2.11 bits per heavy atom. The van der Waals surface area contributed by atoms with Crippen LogP contribution in [0.5, 0.6) is 0 Å². The van der Waals surface area contributed by atoms with Gasteiger partial charge in [-0.2, -0.15) is 0 Å². The van der Waals surface area contributed by atoms with Gasteiger partial charge in [-0.1, -0.05) is 0 Å². The topological polar surface area (TPSA) is 79.8 Å². The molecule has 6 heteroatoms. The number of carboxylic acid groups (broad SMARTS) is 1. The quantitative estimate of drug-likeness (QED) is 0.448. The highest BCUT2D eigenvalue weighted by Gasteiger charge is 2.38. The molecule has 18 heavy (non-hydrogen) atoms. The van der Waals surface area contributed by atoms with Gasteiger partial charge >= 0.3 is 5.97 Å². The molecular weight excluding hydrogens is 236 g/mol. The number of methoxy groups -OCH3 is 1. The van der Waals surface area contributed by atoms with E-state index < -0.39 is 5.97 Å². The van der Waals surface area contributed by atoms with Crippen LogP contribution < -0.4 is 10.6 Å². The van der Waals surface area contributed by atoms with Gasteiger partial charge in [-0.05, 0) is 19.4 Å². The maximum atomic E-state index is 10.7. The average Bonchev–Trinajstić information content (AvgIpc) is 2.28. The van der Waals surface area contributed by atoms with Crippen LogP contribution in [0.2, 0.25) is 0 Å². The summed E-state index contributed by atoms with van der Waals surface area (Å²) in [6.07, 6.45) is 2.16. The zero-order chi connectivity index (χ0) is 13.3. The lowest BCUT2D eigenvalue weighted by molar-refractivity contribution is -0.139. The molecule has 0 atom stereocenters. The van der Waals surface area contributed by atoms with Gasteiger partial charge in [-0.15, -0.1) is 0 Å². The normalized spacial score (nSPS) is 17.4. The molecule has 1 aliphatic rings. The highest BCUT2D eigenvalue weighted by atomic mass is 16.5. The van der Waals surface area contributed by atoms with Crippen LogP contribution in [0, 0.1) is 0 Å². The lowest BCUT2D eigenvalue weighted by atomic mass is 9.88. The van der Waals surface area contributed by atoms with E-state index in [2.05, 4.69) is 10.6 Å². The zero-order valence-electron chi connectivity index (χ0n) is 11.0. The summed E-state index contributed by atoms with van der Waals surface area (Å²) in [5.74, 6) is -0.744. The fourth-order valence-corrected chi connectivity index (χ4v) is 1.96. The molecule has 0 aromatic heterocycles. The number of nitrogens with one attached hydrogen (secondary N) is 2. The third-order valence-corrected chi connectivity index (χ3v) is 3.06. The number of aliphatic carboxylic acids is 1. The Kier molecular flexibility index (Phi) is 7.19. The van der Waals surface area contributed by atoms with Crippen LogP contribution in [0.25, 0.3) is 0 Å². The lowest BCUT2D eigenvalue weighted by Crippen LogP contribution is -2.68. The zero-order valence-corrected chi connectivity index (χ0v) is 11.0. The van der Waals surface area contributed by atoms with Gasteiger partial charge in [-0.25, -0.2) is 0 Å². The van der Waals surface area contributed by atoms with Crippen molar-refractivity contribution in [1.29, 1.82) is 0 Å². The lowest BCUT2D eigenvalue weighted by Gasteiger charge is -2.42. The number of rotatable bonds is 11. The van der Waals surface area contributed by atoms with Gasteiger partial charge in [0.05, 0.1) is 25.2 Å². The van der Waals surface area contributed by atoms with Crippen molar-refractivity contribution in [1.82, 2.24) is 10.6 Å². The van der Waals surface area contributed by atoms with Gasteiger partial charge in [-0.3, -0.25) is 4.79 Å². The van der Waals surface area contributed by atoms with E-state index in [1.807, 2.05) is 0 Å². The molecule has 0 aromatic rings. The van der Waals surface area contributed by atoms with Crippen LogP contribution in [0.3, 0.4) is 0 Å². The predicted molar refractivity (Wildman–Crippen MR) is 67.8 cm³/mol. The van der Waals surface area contributed by atoms with E-state index in [4.69, 9.17) is 14.6 Å². The minimum atomic E-state index is -0.744. The maximum absolute atomic E-state index is 10.7. The Labute approximate surface area is 108 Å². The van der Waals surface area contributed by atoms with Crippen LogP contribution in [0.4, 0.5) is 0 Å². The Balaban J connectivity index is 1.97. The van der Waals surface area contributed by atoms with Crippen molar-refractivity contribution in [3.8, 4) is 0 Å². The summed E-state index contributed by atoms with van der Waals surface area (Å²) in [5.41, 5.74) is -0.233. The van der Waals surface area contributed by atoms with Gasteiger partial charge < -0.3 is 25.2 Å². The van der Waals surface area contributed by atoms with Gasteiger partial charge in [0.25, 0.3) is 0 Å². The Morgan fingerprint density at radius 3 is 2.67 bits per heavy atom. The second-order valence-electron chi connectivity index (χ2n) is 4.69. The number of carbonyl (C=O) groups is 1. The summed E-state index contributed by atoms with van der Waals surface area (Å²) in [6.45, 7) is 4.31. The summed E-state index contributed by atoms with van der Waals surface area (Å²) in [6, 6.07) is 0. The smallest absolute Gasteiger partial charge is 0.305 e. The number of unbranched alkanes of at least 4 members (excludes halogenated alkanes) is 1. The number of hydrogen-bond donors (Lipinski definition) is 3. The predicted octanol–water partition coefficient (Wildman–Crippen LogP) is -0.164. The molecular formula is C12H24N2O4. The van der Waals surface area contributed by atoms with E-state index in [-0.39, 0.29) is 12.0 Å². The molecule has 6 nitrogen and oxygen atoms in total. The molecule has 0 spiro atoms. The van der Waals surface area contributed by atoms with Gasteiger partial charge in [0, 0.05) is 26.8 Å². The van der Waals surface area contributed by atoms with Crippen molar-refractivity contribution in [2.45, 2.75) is 24.8 Å². The van der Waals surface area contributed by atoms with E-state index in [1.54, 1.807) is 7.11 Å². The molecule has 0 radical (unpaired) electrons. The average molecular weight is 260 g/mol. The van der Waals surface area contributed by atoms with Crippen molar-refractivity contribution >= 4 is 5.97 Å². The monoisotopic (exact) mass is 260 g/mol. The van der Waals surface area contributed by atoms with E-state index in [9.17, 15) is 4.79 Å². The maximum Gasteiger partial charge on any atom is 0.305 e. The molecule has 1 rings (SSSR count). The largest absolute Gasteiger partial charge is 0.481 e. The standard InChI is InChI=1S/C12H24N2O4/c1-17-6-7-18-5-3-2-4-14-12(8-11(15)16)9-13-10-12/h13-14H,2-10H2,1H3,(H,15,16). The first-order valence-electron chi connectivity index (χ1n) is 6.43. The van der Waals surface area contributed by atoms with Crippen molar-refractivity contribution in [2.75, 3.05) is 46.6 Å². The van der Waals surface area contributed by atoms with Gasteiger partial charge in [0.1, 0.15) is 0 Å². The minimum absolute atomic E-state index is 0.185. The van der Waals surface area contributed by atoms with Crippen LogP contribution in [0.1, 0.15) is 19.3 Å². The first-order chi connectivity index (χ1) is 8.68. The summed E-state index contributed by atoms with van der Waals surface area (Å²) < 4.78 is 10.2. The van der Waals surface area contributed by atoms with Crippen LogP contribution in [-0.2, 0) is 14.3 Å². The molecule has 0 bridgehead atoms. The second-order valence-corrected chi connectivity index (χ2v) is 4.69. The van der Waals surface area contributed by atoms with Gasteiger partial charge in [0.2, 0.25) is 0 Å². The first-order valence-corrected chi connectivity index (χ1v) is 6.43. The highest BCUT2D eigenvalue weighted by molar-refractivity contribution is 5.68. The van der Waals surface area contributed by atoms with E-state index >= 15 is 0 Å². The molecule has 0 amide bonds. The summed E-state index contributed by atoms with van der Waals surface area (Å²) in [5, 5.41) is 15.3. The molecule has 0 unspecified atom stereocenters.